The molecule has 0 radical (unpaired) electrons. The monoisotopic (exact) mass is 382 g/mol. The summed E-state index contributed by atoms with van der Waals surface area (Å²) in [5.74, 6) is 0.476. The third-order valence-corrected chi connectivity index (χ3v) is 6.38. The number of carbonyl (C=O) groups is 1. The Balaban J connectivity index is 2.35. The Hall–Kier alpha value is -1.10. The Labute approximate surface area is 131 Å². The molecule has 20 heavy (non-hydrogen) atoms. The summed E-state index contributed by atoms with van der Waals surface area (Å²) >= 11 is -0.246. The number of allylic oxidation sites excluding steroid dienone is 3. The van der Waals surface area contributed by atoms with Crippen LogP contribution in [0, 0.1) is 9.49 Å². The van der Waals surface area contributed by atoms with Gasteiger partial charge in [0.2, 0.25) is 0 Å². The quantitative estimate of drug-likeness (QED) is 0.541. The summed E-state index contributed by atoms with van der Waals surface area (Å²) in [6, 6.07) is 10.6. The van der Waals surface area contributed by atoms with Crippen LogP contribution in [0.15, 0.2) is 51.6 Å². The number of likely N-dealkylation sites (N-methyl/N-ethyl adjacent to an activating group) is 1. The summed E-state index contributed by atoms with van der Waals surface area (Å²) in [5.41, 5.74) is 1.05. The number of nitrogens with zero attached hydrogens (tertiary/aromatic N) is 1. The van der Waals surface area contributed by atoms with Crippen LogP contribution in [0.2, 0.25) is 0 Å². The molecule has 0 fully saturated rings. The van der Waals surface area contributed by atoms with Gasteiger partial charge in [-0.15, -0.1) is 0 Å². The van der Waals surface area contributed by atoms with Gasteiger partial charge in [-0.05, 0) is 18.6 Å². The summed E-state index contributed by atoms with van der Waals surface area (Å²) in [5, 5.41) is 0. The molecule has 2 rings (SSSR count). The Morgan fingerprint density at radius 2 is 2.00 bits per heavy atom. The summed E-state index contributed by atoms with van der Waals surface area (Å²) < 4.78 is 2.76. The first-order valence-corrected chi connectivity index (χ1v) is 9.10. The number of rotatable bonds is 4. The van der Waals surface area contributed by atoms with Crippen molar-refractivity contribution in [2.75, 3.05) is 14.1 Å². The molecule has 1 unspecified atom stereocenters. The highest BCUT2D eigenvalue weighted by Gasteiger charge is 2.33. The molecular weight excluding hydrogens is 361 g/mol. The van der Waals surface area contributed by atoms with E-state index in [9.17, 15) is 4.79 Å². The lowest BCUT2D eigenvalue weighted by Crippen LogP contribution is -3.61. The van der Waals surface area contributed by atoms with E-state index >= 15 is 0 Å². The lowest BCUT2D eigenvalue weighted by Gasteiger charge is -2.21. The zero-order valence-electron chi connectivity index (χ0n) is 12.3. The van der Waals surface area contributed by atoms with E-state index in [0.717, 1.165) is 18.4 Å². The zero-order chi connectivity index (χ0) is 14.5. The molecule has 0 aromatic heterocycles. The van der Waals surface area contributed by atoms with Crippen molar-refractivity contribution >= 4 is 5.91 Å². The Morgan fingerprint density at radius 3 is 2.60 bits per heavy atom. The number of amides is 1. The van der Waals surface area contributed by atoms with Gasteiger partial charge in [0.1, 0.15) is 0 Å². The molecule has 106 valence electrons. The van der Waals surface area contributed by atoms with E-state index in [4.69, 9.17) is 0 Å². The summed E-state index contributed by atoms with van der Waals surface area (Å²) in [4.78, 5) is 14.2. The molecule has 0 heterocycles. The number of halogens is 1. The maximum Gasteiger partial charge on any atom is 0.353 e. The molecule has 0 saturated carbocycles. The zero-order valence-corrected chi connectivity index (χ0v) is 14.4. The molecule has 1 amide bonds. The predicted molar refractivity (Wildman–Crippen MR) is 78.4 cm³/mol. The molecule has 1 aromatic rings. The van der Waals surface area contributed by atoms with Crippen molar-refractivity contribution in [2.45, 2.75) is 19.8 Å². The van der Waals surface area contributed by atoms with Crippen LogP contribution in [0.3, 0.4) is 0 Å². The number of hydrogen-bond donors (Lipinski definition) is 0. The van der Waals surface area contributed by atoms with Crippen molar-refractivity contribution in [3.8, 4) is 0 Å². The van der Waals surface area contributed by atoms with Gasteiger partial charge in [0.05, 0.1) is 5.57 Å². The predicted octanol–water partition coefficient (Wildman–Crippen LogP) is 0.274. The van der Waals surface area contributed by atoms with Gasteiger partial charge in [-0.1, -0.05) is 37.3 Å². The fourth-order valence-corrected chi connectivity index (χ4v) is 5.22. The van der Waals surface area contributed by atoms with Crippen molar-refractivity contribution in [2.24, 2.45) is 5.92 Å². The van der Waals surface area contributed by atoms with Crippen LogP contribution in [0.1, 0.15) is 19.8 Å². The molecule has 1 aliphatic carbocycles. The van der Waals surface area contributed by atoms with Crippen LogP contribution in [0.5, 0.6) is 0 Å². The van der Waals surface area contributed by atoms with Gasteiger partial charge in [-0.2, -0.15) is 0 Å². The van der Waals surface area contributed by atoms with Crippen molar-refractivity contribution in [1.82, 2.24) is 4.90 Å². The fourth-order valence-electron chi connectivity index (χ4n) is 2.30. The van der Waals surface area contributed by atoms with Crippen LogP contribution in [-0.4, -0.2) is 24.9 Å². The maximum atomic E-state index is 12.5. The second-order valence-corrected chi connectivity index (χ2v) is 8.14. The van der Waals surface area contributed by atoms with E-state index in [0.29, 0.717) is 0 Å². The second kappa shape index (κ2) is 7.07. The van der Waals surface area contributed by atoms with Crippen LogP contribution >= 0.6 is 0 Å². The van der Waals surface area contributed by atoms with E-state index < -0.39 is 0 Å². The normalized spacial score (nSPS) is 18.2. The lowest BCUT2D eigenvalue weighted by atomic mass is 9.90. The highest BCUT2D eigenvalue weighted by Crippen LogP contribution is 2.25. The van der Waals surface area contributed by atoms with E-state index in [1.807, 2.05) is 20.2 Å². The maximum absolute atomic E-state index is 12.5. The van der Waals surface area contributed by atoms with E-state index in [1.54, 1.807) is 4.90 Å². The molecule has 0 N–H and O–H groups in total. The number of benzene rings is 1. The Bertz CT molecular complexity index is 531. The molecule has 2 nitrogen and oxygen atoms in total. The summed E-state index contributed by atoms with van der Waals surface area (Å²) in [6.07, 6.45) is 6.37. The van der Waals surface area contributed by atoms with E-state index in [2.05, 4.69) is 43.3 Å². The summed E-state index contributed by atoms with van der Waals surface area (Å²) in [7, 11) is 3.69. The molecular formula is C17H21INO+. The molecule has 0 saturated heterocycles. The van der Waals surface area contributed by atoms with Gasteiger partial charge in [-0.3, -0.25) is 4.79 Å². The Morgan fingerprint density at radius 1 is 1.30 bits per heavy atom. The number of carbonyl (C=O) groups excluding carboxylic acids is 1. The van der Waals surface area contributed by atoms with Gasteiger partial charge in [0.15, 0.2) is 7.15 Å². The van der Waals surface area contributed by atoms with Crippen LogP contribution in [-0.2, 0) is 4.79 Å². The smallest absolute Gasteiger partial charge is 0.345 e. The van der Waals surface area contributed by atoms with E-state index in [-0.39, 0.29) is 33.0 Å². The highest BCUT2D eigenvalue weighted by atomic mass is 127. The SMILES string of the molecule is CCC1C=CCC([I+]c2ccccc2)=C1C(=O)N(C)C. The molecule has 3 heteroatoms. The van der Waals surface area contributed by atoms with Crippen LogP contribution in [0.4, 0.5) is 0 Å². The third kappa shape index (κ3) is 3.51. The molecule has 0 spiro atoms. The van der Waals surface area contributed by atoms with Crippen molar-refractivity contribution < 1.29 is 26.0 Å². The van der Waals surface area contributed by atoms with Crippen molar-refractivity contribution in [3.63, 3.8) is 0 Å². The lowest BCUT2D eigenvalue weighted by molar-refractivity contribution is -0.579. The third-order valence-electron chi connectivity index (χ3n) is 3.36. The Kier molecular flexibility index (Phi) is 5.40. The average molecular weight is 382 g/mol. The molecule has 1 atom stereocenters. The summed E-state index contributed by atoms with van der Waals surface area (Å²) in [6.45, 7) is 2.15. The first kappa shape index (κ1) is 15.3. The van der Waals surface area contributed by atoms with Gasteiger partial charge < -0.3 is 4.90 Å². The van der Waals surface area contributed by atoms with Gasteiger partial charge in [-0.25, -0.2) is 0 Å². The van der Waals surface area contributed by atoms with Crippen molar-refractivity contribution in [3.05, 3.63) is 55.2 Å². The van der Waals surface area contributed by atoms with Crippen LogP contribution < -0.4 is 21.2 Å². The van der Waals surface area contributed by atoms with E-state index in [1.165, 1.54) is 7.15 Å². The molecule has 1 aliphatic rings. The minimum atomic E-state index is -0.246. The first-order chi connectivity index (χ1) is 9.63. The van der Waals surface area contributed by atoms with Crippen molar-refractivity contribution in [1.29, 1.82) is 0 Å². The first-order valence-electron chi connectivity index (χ1n) is 6.94. The minimum Gasteiger partial charge on any atom is -0.345 e. The molecule has 1 aromatic carbocycles. The van der Waals surface area contributed by atoms with Gasteiger partial charge >= 0.3 is 21.2 Å². The molecule has 0 aliphatic heterocycles. The average Bonchev–Trinajstić information content (AvgIpc) is 2.47. The molecule has 0 bridgehead atoms. The standard InChI is InChI=1S/C17H21INO/c1-4-13-9-8-12-15(16(13)17(20)19(2)3)18-14-10-6-5-7-11-14/h5-11,13H,4,12H2,1-3H3/q+1. The largest absolute Gasteiger partial charge is 0.353 e. The van der Waals surface area contributed by atoms with Gasteiger partial charge in [0.25, 0.3) is 5.91 Å². The topological polar surface area (TPSA) is 20.3 Å². The van der Waals surface area contributed by atoms with Crippen LogP contribution in [0.25, 0.3) is 0 Å². The number of hydrogen-bond acceptors (Lipinski definition) is 1. The minimum absolute atomic E-state index is 0.187. The fraction of sp³-hybridized carbons (Fsp3) is 0.353. The van der Waals surface area contributed by atoms with Gasteiger partial charge in [0, 0.05) is 26.4 Å². The second-order valence-electron chi connectivity index (χ2n) is 5.06. The highest BCUT2D eigenvalue weighted by molar-refractivity contribution is 5.94.